The number of thiocarbonyl (C=S) groups is 1. The van der Waals surface area contributed by atoms with Crippen molar-refractivity contribution in [1.29, 1.82) is 0 Å². The standard InChI is InChI=1S/C18H22N2O4S2/c1-4-15-17(23)20(18(25)26-15)9-5-6-16(22)19-13-10-12(11(2)21)7-8-14(13)24-3/h7-8,10,15H,4-6,9H2,1-3H3,(H,19,22). The highest BCUT2D eigenvalue weighted by Crippen LogP contribution is 2.30. The van der Waals surface area contributed by atoms with E-state index in [4.69, 9.17) is 17.0 Å². The quantitative estimate of drug-likeness (QED) is 0.539. The number of methoxy groups -OCH3 is 1. The van der Waals surface area contributed by atoms with Crippen LogP contribution < -0.4 is 10.1 Å². The molecule has 1 aliphatic rings. The summed E-state index contributed by atoms with van der Waals surface area (Å²) in [6, 6.07) is 4.90. The van der Waals surface area contributed by atoms with Gasteiger partial charge >= 0.3 is 0 Å². The highest BCUT2D eigenvalue weighted by molar-refractivity contribution is 8.24. The van der Waals surface area contributed by atoms with Gasteiger partial charge < -0.3 is 10.1 Å². The average molecular weight is 395 g/mol. The Morgan fingerprint density at radius 2 is 2.12 bits per heavy atom. The van der Waals surface area contributed by atoms with Gasteiger partial charge in [-0.05, 0) is 38.0 Å². The lowest BCUT2D eigenvalue weighted by molar-refractivity contribution is -0.126. The Bertz CT molecular complexity index is 736. The van der Waals surface area contributed by atoms with Crippen LogP contribution >= 0.6 is 24.0 Å². The molecule has 0 spiro atoms. The van der Waals surface area contributed by atoms with E-state index in [2.05, 4.69) is 5.32 Å². The summed E-state index contributed by atoms with van der Waals surface area (Å²) in [5.41, 5.74) is 0.955. The number of carbonyl (C=O) groups is 3. The maximum Gasteiger partial charge on any atom is 0.241 e. The second-order valence-electron chi connectivity index (χ2n) is 5.89. The van der Waals surface area contributed by atoms with E-state index in [1.54, 1.807) is 23.1 Å². The molecule has 6 nitrogen and oxygen atoms in total. The van der Waals surface area contributed by atoms with Gasteiger partial charge in [0.2, 0.25) is 11.8 Å². The largest absolute Gasteiger partial charge is 0.495 e. The number of amides is 2. The fourth-order valence-corrected chi connectivity index (χ4v) is 4.07. The molecule has 1 aromatic carbocycles. The van der Waals surface area contributed by atoms with E-state index in [1.165, 1.54) is 25.8 Å². The lowest BCUT2D eigenvalue weighted by Gasteiger charge is -2.15. The van der Waals surface area contributed by atoms with Gasteiger partial charge in [-0.1, -0.05) is 30.9 Å². The molecule has 2 rings (SSSR count). The molecule has 140 valence electrons. The second-order valence-corrected chi connectivity index (χ2v) is 7.73. The summed E-state index contributed by atoms with van der Waals surface area (Å²) in [7, 11) is 1.50. The van der Waals surface area contributed by atoms with Crippen LogP contribution in [0.15, 0.2) is 18.2 Å². The number of nitrogens with zero attached hydrogens (tertiary/aromatic N) is 1. The minimum atomic E-state index is -0.207. The van der Waals surface area contributed by atoms with E-state index >= 15 is 0 Å². The normalized spacial score (nSPS) is 16.7. The molecule has 0 radical (unpaired) electrons. The van der Waals surface area contributed by atoms with Crippen molar-refractivity contribution in [3.8, 4) is 5.75 Å². The smallest absolute Gasteiger partial charge is 0.241 e. The number of Topliss-reactive ketones (excluding diaryl/α,β-unsaturated/α-hetero) is 1. The number of ketones is 1. The minimum Gasteiger partial charge on any atom is -0.495 e. The van der Waals surface area contributed by atoms with Crippen molar-refractivity contribution < 1.29 is 19.1 Å². The molecule has 1 fully saturated rings. The number of benzene rings is 1. The highest BCUT2D eigenvalue weighted by Gasteiger charge is 2.35. The minimum absolute atomic E-state index is 0.0266. The summed E-state index contributed by atoms with van der Waals surface area (Å²) in [4.78, 5) is 37.5. The summed E-state index contributed by atoms with van der Waals surface area (Å²) in [6.45, 7) is 3.85. The van der Waals surface area contributed by atoms with Crippen molar-refractivity contribution in [1.82, 2.24) is 4.90 Å². The van der Waals surface area contributed by atoms with Crippen molar-refractivity contribution in [2.75, 3.05) is 19.0 Å². The van der Waals surface area contributed by atoms with Gasteiger partial charge in [-0.2, -0.15) is 0 Å². The maximum absolute atomic E-state index is 12.2. The van der Waals surface area contributed by atoms with Crippen LogP contribution in [-0.4, -0.2) is 45.7 Å². The van der Waals surface area contributed by atoms with Crippen LogP contribution in [0.2, 0.25) is 0 Å². The van der Waals surface area contributed by atoms with Gasteiger partial charge in [-0.15, -0.1) is 0 Å². The molecule has 1 atom stereocenters. The molecule has 1 saturated heterocycles. The number of rotatable bonds is 8. The summed E-state index contributed by atoms with van der Waals surface area (Å²) >= 11 is 6.65. The summed E-state index contributed by atoms with van der Waals surface area (Å²) in [5, 5.41) is 2.66. The van der Waals surface area contributed by atoms with E-state index in [0.29, 0.717) is 34.3 Å². The first kappa shape index (κ1) is 20.4. The zero-order valence-corrected chi connectivity index (χ0v) is 16.7. The Kier molecular flexibility index (Phi) is 7.16. The first-order valence-corrected chi connectivity index (χ1v) is 9.67. The van der Waals surface area contributed by atoms with Crippen LogP contribution in [0.1, 0.15) is 43.5 Å². The molecule has 1 N–H and O–H groups in total. The lowest BCUT2D eigenvalue weighted by atomic mass is 10.1. The van der Waals surface area contributed by atoms with Crippen LogP contribution in [-0.2, 0) is 9.59 Å². The third-order valence-electron chi connectivity index (χ3n) is 4.04. The van der Waals surface area contributed by atoms with Crippen molar-refractivity contribution in [3.05, 3.63) is 23.8 Å². The van der Waals surface area contributed by atoms with Crippen molar-refractivity contribution in [2.24, 2.45) is 0 Å². The Morgan fingerprint density at radius 3 is 2.69 bits per heavy atom. The van der Waals surface area contributed by atoms with Gasteiger partial charge in [0.15, 0.2) is 5.78 Å². The third-order valence-corrected chi connectivity index (χ3v) is 5.79. The first-order valence-electron chi connectivity index (χ1n) is 8.38. The van der Waals surface area contributed by atoms with Gasteiger partial charge in [0.05, 0.1) is 18.0 Å². The summed E-state index contributed by atoms with van der Waals surface area (Å²) < 4.78 is 5.80. The number of hydrogen-bond donors (Lipinski definition) is 1. The Labute approximate surface area is 162 Å². The predicted octanol–water partition coefficient (Wildman–Crippen LogP) is 3.26. The van der Waals surface area contributed by atoms with Gasteiger partial charge in [0, 0.05) is 18.5 Å². The van der Waals surface area contributed by atoms with E-state index in [-0.39, 0.29) is 29.3 Å². The number of thioether (sulfide) groups is 1. The van der Waals surface area contributed by atoms with Gasteiger partial charge in [-0.25, -0.2) is 0 Å². The van der Waals surface area contributed by atoms with Crippen LogP contribution in [0.25, 0.3) is 0 Å². The van der Waals surface area contributed by atoms with E-state index in [0.717, 1.165) is 6.42 Å². The van der Waals surface area contributed by atoms with Gasteiger partial charge in [0.1, 0.15) is 10.1 Å². The molecule has 8 heteroatoms. The molecule has 1 heterocycles. The molecule has 0 aromatic heterocycles. The average Bonchev–Trinajstić information content (AvgIpc) is 2.89. The predicted molar refractivity (Wildman–Crippen MR) is 107 cm³/mol. The van der Waals surface area contributed by atoms with Gasteiger partial charge in [0.25, 0.3) is 0 Å². The first-order chi connectivity index (χ1) is 12.4. The van der Waals surface area contributed by atoms with Crippen LogP contribution in [0.5, 0.6) is 5.75 Å². The summed E-state index contributed by atoms with van der Waals surface area (Å²) in [6.07, 6.45) is 1.48. The summed E-state index contributed by atoms with van der Waals surface area (Å²) in [5.74, 6) is 0.216. The molecule has 1 aliphatic heterocycles. The van der Waals surface area contributed by atoms with Crippen molar-refractivity contribution >= 4 is 51.6 Å². The SMILES string of the molecule is CCC1SC(=S)N(CCCC(=O)Nc2cc(C(C)=O)ccc2OC)C1=O. The molecular formula is C18H22N2O4S2. The zero-order chi connectivity index (χ0) is 19.3. The van der Waals surface area contributed by atoms with Crippen LogP contribution in [0.3, 0.4) is 0 Å². The van der Waals surface area contributed by atoms with Crippen LogP contribution in [0.4, 0.5) is 5.69 Å². The zero-order valence-electron chi connectivity index (χ0n) is 15.0. The molecule has 0 saturated carbocycles. The van der Waals surface area contributed by atoms with E-state index in [1.807, 2.05) is 6.92 Å². The molecule has 26 heavy (non-hydrogen) atoms. The van der Waals surface area contributed by atoms with Crippen LogP contribution in [0, 0.1) is 0 Å². The maximum atomic E-state index is 12.2. The fraction of sp³-hybridized carbons (Fsp3) is 0.444. The monoisotopic (exact) mass is 394 g/mol. The third kappa shape index (κ3) is 4.82. The number of anilines is 1. The molecule has 2 amide bonds. The Hall–Kier alpha value is -1.93. The lowest BCUT2D eigenvalue weighted by Crippen LogP contribution is -2.32. The highest BCUT2D eigenvalue weighted by atomic mass is 32.2. The molecular weight excluding hydrogens is 372 g/mol. The van der Waals surface area contributed by atoms with E-state index in [9.17, 15) is 14.4 Å². The molecule has 1 unspecified atom stereocenters. The van der Waals surface area contributed by atoms with Crippen molar-refractivity contribution in [3.63, 3.8) is 0 Å². The fourth-order valence-electron chi connectivity index (χ4n) is 2.59. The molecule has 0 aliphatic carbocycles. The van der Waals surface area contributed by atoms with Gasteiger partial charge in [-0.3, -0.25) is 19.3 Å². The number of carbonyl (C=O) groups excluding carboxylic acids is 3. The number of nitrogens with one attached hydrogen (secondary N) is 1. The van der Waals surface area contributed by atoms with Crippen molar-refractivity contribution in [2.45, 2.75) is 38.4 Å². The number of ether oxygens (including phenoxy) is 1. The topological polar surface area (TPSA) is 75.7 Å². The molecule has 0 bridgehead atoms. The Morgan fingerprint density at radius 1 is 1.38 bits per heavy atom. The number of hydrogen-bond acceptors (Lipinski definition) is 6. The van der Waals surface area contributed by atoms with E-state index < -0.39 is 0 Å². The molecule has 1 aromatic rings. The Balaban J connectivity index is 1.91. The second kappa shape index (κ2) is 9.14.